The number of carbonyl (C=O) groups excluding carboxylic acids is 3. The Bertz CT molecular complexity index is 1260. The second kappa shape index (κ2) is 10.7. The standard InChI is InChI=1S/C25H24ClFN4O4/c1-28-23(32)17-4-2-16(3-5-17)21-15-20(26)19-7-6-18(14-22(19)29-21)24(33)30-9-11-31(12-10-30)25(34)35-13-8-27/h2-7,14-15H,8-13H2,1H3,(H,28,32). The molecular weight excluding hydrogens is 475 g/mol. The molecule has 0 aliphatic carbocycles. The van der Waals surface area contributed by atoms with Gasteiger partial charge in [-0.3, -0.25) is 9.59 Å². The van der Waals surface area contributed by atoms with Crippen LogP contribution in [0.1, 0.15) is 20.7 Å². The SMILES string of the molecule is CNC(=O)c1ccc(-c2cc(Cl)c3ccc(C(=O)N4CCN(C(=O)OCCF)CC4)cc3n2)cc1. The first-order valence-corrected chi connectivity index (χ1v) is 11.5. The fourth-order valence-corrected chi connectivity index (χ4v) is 4.16. The second-order valence-corrected chi connectivity index (χ2v) is 8.37. The normalized spacial score (nSPS) is 13.6. The number of amides is 3. The number of piperazine rings is 1. The molecule has 0 bridgehead atoms. The van der Waals surface area contributed by atoms with Gasteiger partial charge >= 0.3 is 6.09 Å². The molecule has 0 unspecified atom stereocenters. The minimum Gasteiger partial charge on any atom is -0.447 e. The Kier molecular flexibility index (Phi) is 7.45. The van der Waals surface area contributed by atoms with Crippen molar-refractivity contribution in [3.63, 3.8) is 0 Å². The van der Waals surface area contributed by atoms with Crippen molar-refractivity contribution in [2.75, 3.05) is 46.5 Å². The predicted molar refractivity (Wildman–Crippen MR) is 130 cm³/mol. The van der Waals surface area contributed by atoms with Crippen LogP contribution in [0.3, 0.4) is 0 Å². The third-order valence-corrected chi connectivity index (χ3v) is 6.12. The highest BCUT2D eigenvalue weighted by Crippen LogP contribution is 2.29. The van der Waals surface area contributed by atoms with Crippen molar-refractivity contribution in [1.82, 2.24) is 20.1 Å². The van der Waals surface area contributed by atoms with Gasteiger partial charge in [-0.25, -0.2) is 14.2 Å². The summed E-state index contributed by atoms with van der Waals surface area (Å²) in [6.45, 7) is 0.300. The molecule has 0 saturated carbocycles. The summed E-state index contributed by atoms with van der Waals surface area (Å²) in [5.41, 5.74) is 2.97. The largest absolute Gasteiger partial charge is 0.447 e. The number of carbonyl (C=O) groups is 3. The van der Waals surface area contributed by atoms with Gasteiger partial charge in [0.05, 0.1) is 16.2 Å². The molecule has 1 saturated heterocycles. The maximum atomic E-state index is 13.1. The Morgan fingerprint density at radius 2 is 1.66 bits per heavy atom. The molecule has 8 nitrogen and oxygen atoms in total. The Hall–Kier alpha value is -3.72. The first-order valence-electron chi connectivity index (χ1n) is 11.1. The van der Waals surface area contributed by atoms with Gasteiger partial charge in [0.1, 0.15) is 13.3 Å². The summed E-state index contributed by atoms with van der Waals surface area (Å²) < 4.78 is 17.0. The maximum absolute atomic E-state index is 13.1. The van der Waals surface area contributed by atoms with E-state index in [1.165, 1.54) is 4.90 Å². The average molecular weight is 499 g/mol. The van der Waals surface area contributed by atoms with Crippen molar-refractivity contribution < 1.29 is 23.5 Å². The molecule has 3 amide bonds. The monoisotopic (exact) mass is 498 g/mol. The molecule has 1 fully saturated rings. The van der Waals surface area contributed by atoms with Gasteiger partial charge in [-0.1, -0.05) is 29.8 Å². The van der Waals surface area contributed by atoms with Crippen LogP contribution in [0, 0.1) is 0 Å². The van der Waals surface area contributed by atoms with E-state index in [0.29, 0.717) is 53.5 Å². The van der Waals surface area contributed by atoms with Crippen molar-refractivity contribution in [2.45, 2.75) is 0 Å². The van der Waals surface area contributed by atoms with Crippen LogP contribution in [-0.2, 0) is 4.74 Å². The van der Waals surface area contributed by atoms with Crippen molar-refractivity contribution in [2.24, 2.45) is 0 Å². The van der Waals surface area contributed by atoms with E-state index in [1.54, 1.807) is 60.5 Å². The van der Waals surface area contributed by atoms with Gasteiger partial charge in [0.15, 0.2) is 0 Å². The lowest BCUT2D eigenvalue weighted by molar-refractivity contribution is 0.0548. The Balaban J connectivity index is 1.52. The zero-order valence-electron chi connectivity index (χ0n) is 19.1. The number of hydrogen-bond acceptors (Lipinski definition) is 5. The Morgan fingerprint density at radius 1 is 1.00 bits per heavy atom. The van der Waals surface area contributed by atoms with Crippen LogP contribution in [0.5, 0.6) is 0 Å². The highest BCUT2D eigenvalue weighted by molar-refractivity contribution is 6.35. The van der Waals surface area contributed by atoms with Crippen LogP contribution >= 0.6 is 11.6 Å². The summed E-state index contributed by atoms with van der Waals surface area (Å²) in [6.07, 6.45) is -0.574. The van der Waals surface area contributed by atoms with E-state index in [-0.39, 0.29) is 18.4 Å². The van der Waals surface area contributed by atoms with E-state index >= 15 is 0 Å². The number of hydrogen-bond donors (Lipinski definition) is 1. The third kappa shape index (κ3) is 5.35. The van der Waals surface area contributed by atoms with Crippen LogP contribution in [0.2, 0.25) is 5.02 Å². The van der Waals surface area contributed by atoms with E-state index in [9.17, 15) is 18.8 Å². The van der Waals surface area contributed by atoms with Gasteiger partial charge in [-0.2, -0.15) is 0 Å². The number of halogens is 2. The van der Waals surface area contributed by atoms with Gasteiger partial charge in [0, 0.05) is 55.3 Å². The van der Waals surface area contributed by atoms with Crippen molar-refractivity contribution in [1.29, 1.82) is 0 Å². The predicted octanol–water partition coefficient (Wildman–Crippen LogP) is 3.78. The first-order chi connectivity index (χ1) is 16.9. The summed E-state index contributed by atoms with van der Waals surface area (Å²) in [5, 5.41) is 3.80. The van der Waals surface area contributed by atoms with E-state index in [1.807, 2.05) is 0 Å². The molecule has 182 valence electrons. The van der Waals surface area contributed by atoms with Crippen molar-refractivity contribution in [3.8, 4) is 11.3 Å². The number of nitrogens with zero attached hydrogens (tertiary/aromatic N) is 3. The minimum absolute atomic E-state index is 0.179. The Morgan fingerprint density at radius 3 is 2.31 bits per heavy atom. The average Bonchev–Trinajstić information content (AvgIpc) is 2.90. The number of benzene rings is 2. The number of fused-ring (bicyclic) bond motifs is 1. The van der Waals surface area contributed by atoms with Crippen LogP contribution in [-0.4, -0.2) is 79.2 Å². The lowest BCUT2D eigenvalue weighted by Gasteiger charge is -2.34. The molecule has 1 aliphatic rings. The highest BCUT2D eigenvalue weighted by atomic mass is 35.5. The highest BCUT2D eigenvalue weighted by Gasteiger charge is 2.26. The van der Waals surface area contributed by atoms with Gasteiger partial charge < -0.3 is 19.9 Å². The van der Waals surface area contributed by atoms with Crippen LogP contribution < -0.4 is 5.32 Å². The Labute approximate surface area is 206 Å². The summed E-state index contributed by atoms with van der Waals surface area (Å²) in [7, 11) is 1.57. The summed E-state index contributed by atoms with van der Waals surface area (Å²) in [5.74, 6) is -0.358. The van der Waals surface area contributed by atoms with Gasteiger partial charge in [-0.15, -0.1) is 0 Å². The number of rotatable bonds is 5. The molecule has 1 aliphatic heterocycles. The lowest BCUT2D eigenvalue weighted by atomic mass is 10.1. The molecule has 0 radical (unpaired) electrons. The topological polar surface area (TPSA) is 91.8 Å². The van der Waals surface area contributed by atoms with E-state index in [4.69, 9.17) is 21.3 Å². The van der Waals surface area contributed by atoms with Crippen LogP contribution in [0.15, 0.2) is 48.5 Å². The minimum atomic E-state index is -0.729. The number of nitrogens with one attached hydrogen (secondary N) is 1. The molecule has 2 aromatic carbocycles. The van der Waals surface area contributed by atoms with E-state index in [0.717, 1.165) is 10.9 Å². The molecular formula is C25H24ClFN4O4. The second-order valence-electron chi connectivity index (χ2n) is 7.96. The summed E-state index contributed by atoms with van der Waals surface area (Å²) in [4.78, 5) is 44.6. The van der Waals surface area contributed by atoms with E-state index in [2.05, 4.69) is 5.32 Å². The maximum Gasteiger partial charge on any atom is 0.409 e. The van der Waals surface area contributed by atoms with Crippen molar-refractivity contribution in [3.05, 3.63) is 64.7 Å². The summed E-state index contributed by atoms with van der Waals surface area (Å²) >= 11 is 6.51. The molecule has 0 atom stereocenters. The summed E-state index contributed by atoms with van der Waals surface area (Å²) in [6, 6.07) is 13.9. The van der Waals surface area contributed by atoms with Gasteiger partial charge in [0.2, 0.25) is 0 Å². The zero-order chi connectivity index (χ0) is 24.9. The molecule has 1 aromatic heterocycles. The zero-order valence-corrected chi connectivity index (χ0v) is 19.8. The van der Waals surface area contributed by atoms with Gasteiger partial charge in [-0.05, 0) is 30.3 Å². The fourth-order valence-electron chi connectivity index (χ4n) is 3.90. The fraction of sp³-hybridized carbons (Fsp3) is 0.280. The van der Waals surface area contributed by atoms with Crippen molar-refractivity contribution >= 4 is 40.4 Å². The molecule has 0 spiro atoms. The third-order valence-electron chi connectivity index (χ3n) is 5.80. The first kappa shape index (κ1) is 24.4. The number of pyridine rings is 1. The molecule has 10 heteroatoms. The molecule has 1 N–H and O–H groups in total. The quantitative estimate of drug-likeness (QED) is 0.578. The molecule has 2 heterocycles. The number of ether oxygens (including phenoxy) is 1. The number of aromatic nitrogens is 1. The lowest BCUT2D eigenvalue weighted by Crippen LogP contribution is -2.50. The van der Waals surface area contributed by atoms with Crippen LogP contribution in [0.25, 0.3) is 22.2 Å². The van der Waals surface area contributed by atoms with Gasteiger partial charge in [0.25, 0.3) is 11.8 Å². The molecule has 35 heavy (non-hydrogen) atoms. The number of alkyl halides is 1. The molecule has 3 aromatic rings. The van der Waals surface area contributed by atoms with Crippen LogP contribution in [0.4, 0.5) is 9.18 Å². The smallest absolute Gasteiger partial charge is 0.409 e. The molecule has 4 rings (SSSR count). The van der Waals surface area contributed by atoms with E-state index < -0.39 is 12.8 Å².